The molecule has 0 aromatic rings. The first kappa shape index (κ1) is 73.8. The van der Waals surface area contributed by atoms with Gasteiger partial charge in [0.1, 0.15) is 48.8 Å². The highest BCUT2D eigenvalue weighted by atomic mass is 16.7. The fourth-order valence-electron chi connectivity index (χ4n) is 10.5. The Labute approximate surface area is 486 Å². The molecule has 12 unspecified atom stereocenters. The van der Waals surface area contributed by atoms with Gasteiger partial charge in [-0.25, -0.2) is 0 Å². The van der Waals surface area contributed by atoms with Crippen LogP contribution in [0.3, 0.4) is 0 Å². The van der Waals surface area contributed by atoms with E-state index < -0.39 is 86.8 Å². The molecule has 80 heavy (non-hydrogen) atoms. The molecule has 2 fully saturated rings. The van der Waals surface area contributed by atoms with Crippen molar-refractivity contribution in [2.75, 3.05) is 19.8 Å². The fraction of sp³-hybridized carbons (Fsp3) is 0.833. The number of hydrogen-bond acceptors (Lipinski definition) is 13. The number of hydrogen-bond donors (Lipinski definition) is 9. The molecule has 0 spiro atoms. The number of allylic oxidation sites excluding steroid dienone is 9. The normalized spacial score (nSPS) is 24.6. The Hall–Kier alpha value is -2.31. The summed E-state index contributed by atoms with van der Waals surface area (Å²) in [6.45, 7) is 2.68. The van der Waals surface area contributed by atoms with Crippen LogP contribution in [0.5, 0.6) is 0 Å². The lowest BCUT2D eigenvalue weighted by Gasteiger charge is -2.46. The van der Waals surface area contributed by atoms with E-state index >= 15 is 0 Å². The molecule has 2 saturated heterocycles. The van der Waals surface area contributed by atoms with Gasteiger partial charge >= 0.3 is 0 Å². The summed E-state index contributed by atoms with van der Waals surface area (Å²) >= 11 is 0. The van der Waals surface area contributed by atoms with Gasteiger partial charge in [0.05, 0.1) is 32.0 Å². The van der Waals surface area contributed by atoms with Crippen LogP contribution in [-0.2, 0) is 23.7 Å². The highest BCUT2D eigenvalue weighted by molar-refractivity contribution is 5.76. The predicted molar refractivity (Wildman–Crippen MR) is 323 cm³/mol. The number of aliphatic hydroxyl groups excluding tert-OH is 8. The van der Waals surface area contributed by atoms with Gasteiger partial charge in [-0.3, -0.25) is 4.79 Å². The minimum Gasteiger partial charge on any atom is -0.394 e. The van der Waals surface area contributed by atoms with E-state index in [1.54, 1.807) is 6.08 Å². The Balaban J connectivity index is 1.71. The summed E-state index contributed by atoms with van der Waals surface area (Å²) in [5.74, 6) is -0.262. The van der Waals surface area contributed by atoms with Gasteiger partial charge in [0.2, 0.25) is 5.91 Å². The Morgan fingerprint density at radius 2 is 0.863 bits per heavy atom. The number of aliphatic hydroxyl groups is 8. The molecule has 12 atom stereocenters. The zero-order chi connectivity index (χ0) is 58.1. The Morgan fingerprint density at radius 3 is 1.32 bits per heavy atom. The first-order valence-corrected chi connectivity index (χ1v) is 32.5. The third-order valence-electron chi connectivity index (χ3n) is 15.7. The van der Waals surface area contributed by atoms with Crippen LogP contribution in [0.1, 0.15) is 258 Å². The monoisotopic (exact) mass is 1130 g/mol. The molecule has 0 aromatic carbocycles. The van der Waals surface area contributed by atoms with E-state index in [9.17, 15) is 45.6 Å². The summed E-state index contributed by atoms with van der Waals surface area (Å²) in [5.41, 5.74) is 0. The first-order chi connectivity index (χ1) is 39.1. The van der Waals surface area contributed by atoms with Crippen LogP contribution < -0.4 is 5.32 Å². The van der Waals surface area contributed by atoms with Crippen molar-refractivity contribution in [1.29, 1.82) is 0 Å². The van der Waals surface area contributed by atoms with Crippen molar-refractivity contribution in [2.45, 2.75) is 331 Å². The van der Waals surface area contributed by atoms with Gasteiger partial charge in [0.25, 0.3) is 0 Å². The van der Waals surface area contributed by atoms with Crippen molar-refractivity contribution in [3.8, 4) is 0 Å². The van der Waals surface area contributed by atoms with Crippen LogP contribution in [0, 0.1) is 0 Å². The number of amides is 1. The van der Waals surface area contributed by atoms with E-state index in [1.165, 1.54) is 161 Å². The molecule has 0 aliphatic carbocycles. The van der Waals surface area contributed by atoms with E-state index in [4.69, 9.17) is 18.9 Å². The Bertz CT molecular complexity index is 1570. The minimum atomic E-state index is -1.79. The van der Waals surface area contributed by atoms with E-state index in [0.29, 0.717) is 6.42 Å². The van der Waals surface area contributed by atoms with E-state index in [0.717, 1.165) is 70.6 Å². The molecule has 1 amide bonds. The molecule has 2 aliphatic rings. The SMILES string of the molecule is CC/C=C\C/C=C\C/C=C\C/C=C\CCCCCCC(=O)NC(COC1OC(CO)C(OC2OC(CO)C(O)C(O)C2O)C(O)C1O)C(O)/C=C/CCCCCCCCCCCCCCCCCCCCCCCCCCCCC. The van der Waals surface area contributed by atoms with Crippen molar-refractivity contribution in [1.82, 2.24) is 5.32 Å². The molecule has 2 rings (SSSR count). The molecule has 14 heteroatoms. The molecule has 2 aliphatic heterocycles. The van der Waals surface area contributed by atoms with Gasteiger partial charge in [0, 0.05) is 6.42 Å². The lowest BCUT2D eigenvalue weighted by molar-refractivity contribution is -0.359. The molecule has 0 bridgehead atoms. The third kappa shape index (κ3) is 35.7. The van der Waals surface area contributed by atoms with E-state index in [2.05, 4.69) is 67.8 Å². The van der Waals surface area contributed by atoms with Crippen molar-refractivity contribution in [2.24, 2.45) is 0 Å². The summed E-state index contributed by atoms with van der Waals surface area (Å²) < 4.78 is 22.8. The quantitative estimate of drug-likeness (QED) is 0.0204. The van der Waals surface area contributed by atoms with Gasteiger partial charge in [0.15, 0.2) is 12.6 Å². The maximum Gasteiger partial charge on any atom is 0.220 e. The third-order valence-corrected chi connectivity index (χ3v) is 15.7. The second-order valence-electron chi connectivity index (χ2n) is 22.9. The van der Waals surface area contributed by atoms with Crippen LogP contribution in [0.15, 0.2) is 60.8 Å². The zero-order valence-electron chi connectivity index (χ0n) is 50.3. The van der Waals surface area contributed by atoms with Crippen molar-refractivity contribution < 1.29 is 64.6 Å². The summed E-state index contributed by atoms with van der Waals surface area (Å²) in [6.07, 6.45) is 49.9. The van der Waals surface area contributed by atoms with E-state index in [-0.39, 0.29) is 18.9 Å². The number of ether oxygens (including phenoxy) is 4. The first-order valence-electron chi connectivity index (χ1n) is 32.5. The van der Waals surface area contributed by atoms with Gasteiger partial charge < -0.3 is 65.1 Å². The number of unbranched alkanes of at least 4 members (excludes halogenated alkanes) is 31. The number of carbonyl (C=O) groups excluding carboxylic acids is 1. The highest BCUT2D eigenvalue weighted by Crippen LogP contribution is 2.30. The molecule has 0 saturated carbocycles. The lowest BCUT2D eigenvalue weighted by atomic mass is 9.97. The topological polar surface area (TPSA) is 228 Å². The van der Waals surface area contributed by atoms with Crippen LogP contribution in [-0.4, -0.2) is 140 Å². The summed E-state index contributed by atoms with van der Waals surface area (Å²) in [6, 6.07) is -0.931. The van der Waals surface area contributed by atoms with Gasteiger partial charge in [-0.1, -0.05) is 254 Å². The number of rotatable bonds is 52. The summed E-state index contributed by atoms with van der Waals surface area (Å²) in [4.78, 5) is 13.3. The fourth-order valence-corrected chi connectivity index (χ4v) is 10.5. The smallest absolute Gasteiger partial charge is 0.220 e. The van der Waals surface area contributed by atoms with Crippen LogP contribution in [0.2, 0.25) is 0 Å². The molecular formula is C66H119NO13. The van der Waals surface area contributed by atoms with Crippen LogP contribution >= 0.6 is 0 Å². The highest BCUT2D eigenvalue weighted by Gasteiger charge is 2.51. The average Bonchev–Trinajstić information content (AvgIpc) is 3.49. The molecule has 0 aromatic heterocycles. The van der Waals surface area contributed by atoms with Crippen LogP contribution in [0.4, 0.5) is 0 Å². The van der Waals surface area contributed by atoms with E-state index in [1.807, 2.05) is 6.08 Å². The molecular weight excluding hydrogens is 1010 g/mol. The second-order valence-corrected chi connectivity index (χ2v) is 22.9. The Morgan fingerprint density at radius 1 is 0.463 bits per heavy atom. The Kier molecular flexibility index (Phi) is 47.2. The largest absolute Gasteiger partial charge is 0.394 e. The summed E-state index contributed by atoms with van der Waals surface area (Å²) in [5, 5.41) is 87.2. The number of nitrogens with one attached hydrogen (secondary N) is 1. The molecule has 14 nitrogen and oxygen atoms in total. The standard InChI is InChI=1S/C66H119NO13/c1-3-5-7-9-11-13-15-17-19-21-22-23-24-25-26-27-28-29-30-31-32-34-35-37-39-41-43-45-47-49-55(70)54(67-58(71)50-48-46-44-42-40-38-36-33-20-18-16-14-12-10-8-6-4-2)53-77-65-63(76)61(74)64(57(52-69)79-65)80-66-62(75)60(73)59(72)56(51-68)78-66/h6,8,12,14,18,20,36,38,47,49,54-57,59-66,68-70,72-76H,3-5,7,9-11,13,15-17,19,21-35,37,39-46,48,50-53H2,1-2H3,(H,67,71)/b8-6-,14-12-,20-18-,38-36-,49-47+. The van der Waals surface area contributed by atoms with Crippen LogP contribution in [0.25, 0.3) is 0 Å². The van der Waals surface area contributed by atoms with Crippen molar-refractivity contribution in [3.05, 3.63) is 60.8 Å². The molecule has 9 N–H and O–H groups in total. The minimum absolute atomic E-state index is 0.251. The molecule has 0 radical (unpaired) electrons. The maximum atomic E-state index is 13.3. The number of carbonyl (C=O) groups is 1. The van der Waals surface area contributed by atoms with Crippen molar-refractivity contribution in [3.63, 3.8) is 0 Å². The molecule has 466 valence electrons. The van der Waals surface area contributed by atoms with Gasteiger partial charge in [-0.05, 0) is 57.8 Å². The summed E-state index contributed by atoms with van der Waals surface area (Å²) in [7, 11) is 0. The molecule has 2 heterocycles. The second kappa shape index (κ2) is 51.1. The van der Waals surface area contributed by atoms with Gasteiger partial charge in [-0.2, -0.15) is 0 Å². The average molecular weight is 1130 g/mol. The maximum absolute atomic E-state index is 13.3. The zero-order valence-corrected chi connectivity index (χ0v) is 50.3. The van der Waals surface area contributed by atoms with Gasteiger partial charge in [-0.15, -0.1) is 0 Å². The predicted octanol–water partition coefficient (Wildman–Crippen LogP) is 12.1. The lowest BCUT2D eigenvalue weighted by Crippen LogP contribution is -2.65. The van der Waals surface area contributed by atoms with Crippen molar-refractivity contribution >= 4 is 5.91 Å².